The van der Waals surface area contributed by atoms with Gasteiger partial charge >= 0.3 is 6.18 Å². The molecule has 3 nitrogen and oxygen atoms in total. The van der Waals surface area contributed by atoms with Crippen molar-refractivity contribution in [2.45, 2.75) is 6.18 Å². The number of pyridine rings is 1. The highest BCUT2D eigenvalue weighted by Gasteiger charge is 2.35. The number of hydrogen-bond donors (Lipinski definition) is 0. The van der Waals surface area contributed by atoms with Gasteiger partial charge in [0.05, 0.1) is 11.1 Å². The highest BCUT2D eigenvalue weighted by atomic mass is 35.5. The lowest BCUT2D eigenvalue weighted by atomic mass is 10.1. The second kappa shape index (κ2) is 3.87. The first-order valence-electron chi connectivity index (χ1n) is 3.53. The van der Waals surface area contributed by atoms with E-state index in [1.54, 1.807) is 0 Å². The first kappa shape index (κ1) is 11.5. The van der Waals surface area contributed by atoms with E-state index in [2.05, 4.69) is 4.98 Å². The van der Waals surface area contributed by atoms with Gasteiger partial charge < -0.3 is 0 Å². The summed E-state index contributed by atoms with van der Waals surface area (Å²) in [6.45, 7) is 0. The van der Waals surface area contributed by atoms with Gasteiger partial charge in [-0.1, -0.05) is 0 Å². The minimum Gasteiger partial charge on any atom is -0.276 e. The Labute approximate surface area is 87.1 Å². The van der Waals surface area contributed by atoms with Crippen molar-refractivity contribution in [3.8, 4) is 6.07 Å². The molecule has 15 heavy (non-hydrogen) atoms. The van der Waals surface area contributed by atoms with Gasteiger partial charge in [-0.25, -0.2) is 4.98 Å². The van der Waals surface area contributed by atoms with Crippen LogP contribution >= 0.6 is 11.6 Å². The second-order valence-electron chi connectivity index (χ2n) is 2.50. The summed E-state index contributed by atoms with van der Waals surface area (Å²) >= 11 is 4.97. The minimum atomic E-state index is -4.72. The lowest BCUT2D eigenvalue weighted by Gasteiger charge is -2.09. The van der Waals surface area contributed by atoms with Crippen molar-refractivity contribution in [1.82, 2.24) is 4.98 Å². The highest BCUT2D eigenvalue weighted by molar-refractivity contribution is 6.67. The number of nitriles is 1. The number of carbonyl (C=O) groups excluding carboxylic acids is 1. The Morgan fingerprint density at radius 2 is 2.13 bits per heavy atom. The van der Waals surface area contributed by atoms with E-state index in [0.29, 0.717) is 12.3 Å². The monoisotopic (exact) mass is 234 g/mol. The molecule has 0 spiro atoms. The predicted molar refractivity (Wildman–Crippen MR) is 44.1 cm³/mol. The molecule has 0 N–H and O–H groups in total. The number of halogens is 4. The van der Waals surface area contributed by atoms with E-state index in [-0.39, 0.29) is 5.69 Å². The van der Waals surface area contributed by atoms with E-state index in [0.717, 1.165) is 0 Å². The van der Waals surface area contributed by atoms with Crippen LogP contribution < -0.4 is 0 Å². The maximum atomic E-state index is 12.3. The molecule has 0 radical (unpaired) electrons. The molecule has 1 aromatic rings. The first-order chi connectivity index (χ1) is 6.86. The molecule has 78 valence electrons. The fourth-order valence-electron chi connectivity index (χ4n) is 0.905. The maximum absolute atomic E-state index is 12.3. The zero-order valence-electron chi connectivity index (χ0n) is 6.97. The third-order valence-corrected chi connectivity index (χ3v) is 1.74. The van der Waals surface area contributed by atoms with Crippen LogP contribution in [-0.4, -0.2) is 10.2 Å². The molecular weight excluding hydrogens is 233 g/mol. The average Bonchev–Trinajstić information content (AvgIpc) is 2.15. The predicted octanol–water partition coefficient (Wildman–Crippen LogP) is 2.35. The Kier molecular flexibility index (Phi) is 2.95. The molecule has 1 rings (SSSR count). The number of alkyl halides is 3. The Morgan fingerprint density at radius 1 is 1.53 bits per heavy atom. The van der Waals surface area contributed by atoms with E-state index in [1.165, 1.54) is 6.07 Å². The number of aromatic nitrogens is 1. The van der Waals surface area contributed by atoms with Crippen LogP contribution in [0.1, 0.15) is 21.6 Å². The lowest BCUT2D eigenvalue weighted by Crippen LogP contribution is -2.12. The van der Waals surface area contributed by atoms with E-state index in [4.69, 9.17) is 16.9 Å². The number of carbonyl (C=O) groups is 1. The molecule has 0 saturated carbocycles. The van der Waals surface area contributed by atoms with Gasteiger partial charge in [0.2, 0.25) is 0 Å². The molecular formula is C8H2ClF3N2O. The summed E-state index contributed by atoms with van der Waals surface area (Å²) in [4.78, 5) is 13.9. The van der Waals surface area contributed by atoms with E-state index in [1.807, 2.05) is 0 Å². The van der Waals surface area contributed by atoms with Crippen LogP contribution in [0.5, 0.6) is 0 Å². The van der Waals surface area contributed by atoms with Crippen molar-refractivity contribution in [3.63, 3.8) is 0 Å². The summed E-state index contributed by atoms with van der Waals surface area (Å²) in [7, 11) is 0. The molecule has 0 saturated heterocycles. The maximum Gasteiger partial charge on any atom is 0.418 e. The van der Waals surface area contributed by atoms with Crippen molar-refractivity contribution >= 4 is 16.8 Å². The summed E-state index contributed by atoms with van der Waals surface area (Å²) < 4.78 is 36.9. The largest absolute Gasteiger partial charge is 0.418 e. The summed E-state index contributed by atoms with van der Waals surface area (Å²) in [5.41, 5.74) is -2.32. The topological polar surface area (TPSA) is 53.8 Å². The Bertz CT molecular complexity index is 450. The lowest BCUT2D eigenvalue weighted by molar-refractivity contribution is -0.138. The number of rotatable bonds is 1. The van der Waals surface area contributed by atoms with Crippen LogP contribution in [0.3, 0.4) is 0 Å². The van der Waals surface area contributed by atoms with Gasteiger partial charge in [0, 0.05) is 6.20 Å². The van der Waals surface area contributed by atoms with Crippen LogP contribution in [0.25, 0.3) is 0 Å². The third-order valence-electron chi connectivity index (χ3n) is 1.54. The molecule has 0 aliphatic carbocycles. The van der Waals surface area contributed by atoms with Gasteiger partial charge in [-0.05, 0) is 17.7 Å². The SMILES string of the molecule is N#Cc1cc(C(=O)Cl)c(C(F)(F)F)cn1. The molecule has 7 heteroatoms. The van der Waals surface area contributed by atoms with Crippen LogP contribution in [0.15, 0.2) is 12.3 Å². The summed E-state index contributed by atoms with van der Waals surface area (Å²) in [5, 5.41) is 7.11. The normalized spacial score (nSPS) is 10.9. The summed E-state index contributed by atoms with van der Waals surface area (Å²) in [6, 6.07) is 2.22. The standard InChI is InChI=1S/C8H2ClF3N2O/c9-7(15)5-1-4(2-13)14-3-6(5)8(10,11)12/h1,3H. The quantitative estimate of drug-likeness (QED) is 0.701. The van der Waals surface area contributed by atoms with E-state index < -0.39 is 22.5 Å². The molecule has 0 unspecified atom stereocenters. The van der Waals surface area contributed by atoms with Crippen molar-refractivity contribution in [3.05, 3.63) is 29.1 Å². The van der Waals surface area contributed by atoms with Gasteiger partial charge in [-0.2, -0.15) is 18.4 Å². The van der Waals surface area contributed by atoms with Crippen molar-refractivity contribution in [1.29, 1.82) is 5.26 Å². The van der Waals surface area contributed by atoms with Crippen molar-refractivity contribution in [2.75, 3.05) is 0 Å². The van der Waals surface area contributed by atoms with Crippen LogP contribution in [0.4, 0.5) is 13.2 Å². The molecule has 0 atom stereocenters. The fourth-order valence-corrected chi connectivity index (χ4v) is 1.06. The molecule has 0 bridgehead atoms. The molecule has 1 aromatic heterocycles. The summed E-state index contributed by atoms with van der Waals surface area (Å²) in [5.74, 6) is 0. The zero-order valence-corrected chi connectivity index (χ0v) is 7.73. The van der Waals surface area contributed by atoms with Crippen molar-refractivity contribution in [2.24, 2.45) is 0 Å². The molecule has 1 heterocycles. The molecule has 0 amide bonds. The zero-order chi connectivity index (χ0) is 11.6. The van der Waals surface area contributed by atoms with Gasteiger partial charge in [0.15, 0.2) is 0 Å². The van der Waals surface area contributed by atoms with Crippen molar-refractivity contribution < 1.29 is 18.0 Å². The molecule has 0 fully saturated rings. The van der Waals surface area contributed by atoms with Gasteiger partial charge in [-0.15, -0.1) is 0 Å². The number of hydrogen-bond acceptors (Lipinski definition) is 3. The molecule has 0 aliphatic heterocycles. The van der Waals surface area contributed by atoms with Gasteiger partial charge in [0.25, 0.3) is 5.24 Å². The van der Waals surface area contributed by atoms with E-state index >= 15 is 0 Å². The smallest absolute Gasteiger partial charge is 0.276 e. The van der Waals surface area contributed by atoms with Gasteiger partial charge in [-0.3, -0.25) is 4.79 Å². The first-order valence-corrected chi connectivity index (χ1v) is 3.91. The van der Waals surface area contributed by atoms with Crippen LogP contribution in [0.2, 0.25) is 0 Å². The van der Waals surface area contributed by atoms with Gasteiger partial charge in [0.1, 0.15) is 11.8 Å². The highest BCUT2D eigenvalue weighted by Crippen LogP contribution is 2.32. The van der Waals surface area contributed by atoms with Crippen LogP contribution in [-0.2, 0) is 6.18 Å². The van der Waals surface area contributed by atoms with E-state index in [9.17, 15) is 18.0 Å². The summed E-state index contributed by atoms with van der Waals surface area (Å²) in [6.07, 6.45) is -4.31. The van der Waals surface area contributed by atoms with Crippen LogP contribution in [0, 0.1) is 11.3 Å². The Morgan fingerprint density at radius 3 is 2.53 bits per heavy atom. The third kappa shape index (κ3) is 2.44. The molecule has 0 aromatic carbocycles. The average molecular weight is 235 g/mol. The number of nitrogens with zero attached hydrogens (tertiary/aromatic N) is 2. The Hall–Kier alpha value is -1.61. The second-order valence-corrected chi connectivity index (χ2v) is 2.84. The molecule has 0 aliphatic rings. The fraction of sp³-hybridized carbons (Fsp3) is 0.125. The minimum absolute atomic E-state index is 0.299. The Balaban J connectivity index is 3.42.